The van der Waals surface area contributed by atoms with Gasteiger partial charge in [-0.2, -0.15) is 0 Å². The first kappa shape index (κ1) is 35.7. The fourth-order valence-electron chi connectivity index (χ4n) is 0.784. The molecule has 27 heavy (non-hydrogen) atoms. The molecule has 2 rings (SSSR count). The van der Waals surface area contributed by atoms with Crippen molar-refractivity contribution in [3.05, 3.63) is 12.7 Å². The molecule has 0 saturated carbocycles. The molecule has 0 aromatic carbocycles. The van der Waals surface area contributed by atoms with Gasteiger partial charge in [0.05, 0.1) is 6.33 Å². The van der Waals surface area contributed by atoms with Crippen LogP contribution in [0.1, 0.15) is 2.85 Å². The molecule has 0 atom stereocenters. The number of nitrogens with two attached hydrogens (primary N) is 1. The van der Waals surface area contributed by atoms with Crippen LogP contribution in [-0.2, 0) is 13.7 Å². The van der Waals surface area contributed by atoms with E-state index in [0.717, 1.165) is 0 Å². The Morgan fingerprint density at radius 1 is 0.815 bits per heavy atom. The predicted octanol–water partition coefficient (Wildman–Crippen LogP) is -8.62. The SMILES string of the molecule is Nc1ncnc2nc[nH]c12.O=P(O)(O)O.O=P(O)(O)O.O=P(O)(O)O.[H-].[H-].[K+].[Na+]. The maximum Gasteiger partial charge on any atom is 1.00 e. The third kappa shape index (κ3) is 38.5. The van der Waals surface area contributed by atoms with Crippen molar-refractivity contribution in [2.75, 3.05) is 5.73 Å². The normalized spacial score (nSPS) is 10.4. The standard InChI is InChI=1S/C5H5N5.K.Na.3H3O4P.2H/c6-4-3-5(9-1-7-3)10-2-8-4;;;3*1-5(2,3)4;;/h1-2H,(H3,6,7,8,9,10);;;3*(H3,1,2,3,4);;/q;2*+1;;;;2*-1. The second kappa shape index (κ2) is 16.1. The number of rotatable bonds is 0. The largest absolute Gasteiger partial charge is 1.00 e. The molecule has 0 aliphatic carbocycles. The number of anilines is 1. The molecule has 22 heteroatoms. The van der Waals surface area contributed by atoms with E-state index >= 15 is 0 Å². The first-order valence-electron chi connectivity index (χ1n) is 5.12. The van der Waals surface area contributed by atoms with Crippen LogP contribution >= 0.6 is 23.5 Å². The molecule has 0 bridgehead atoms. The van der Waals surface area contributed by atoms with Gasteiger partial charge in [0.15, 0.2) is 11.5 Å². The van der Waals surface area contributed by atoms with Crippen LogP contribution in [0.25, 0.3) is 11.2 Å². The number of hydrogen-bond acceptors (Lipinski definition) is 7. The zero-order valence-corrected chi connectivity index (χ0v) is 21.5. The van der Waals surface area contributed by atoms with Crippen LogP contribution in [0.5, 0.6) is 0 Å². The molecule has 150 valence electrons. The molecule has 0 spiro atoms. The van der Waals surface area contributed by atoms with Gasteiger partial charge >= 0.3 is 104 Å². The number of nitrogens with zero attached hydrogens (tertiary/aromatic N) is 3. The monoisotopic (exact) mass is 493 g/mol. The first-order valence-corrected chi connectivity index (χ1v) is 9.82. The van der Waals surface area contributed by atoms with E-state index in [0.29, 0.717) is 17.0 Å². The summed E-state index contributed by atoms with van der Waals surface area (Å²) in [6, 6.07) is 0. The summed E-state index contributed by atoms with van der Waals surface area (Å²) >= 11 is 0. The molecule has 0 fully saturated rings. The second-order valence-electron chi connectivity index (χ2n) is 3.40. The topological polar surface area (TPSA) is 314 Å². The van der Waals surface area contributed by atoms with Crippen molar-refractivity contribution in [2.24, 2.45) is 0 Å². The van der Waals surface area contributed by atoms with Crippen LogP contribution in [0, 0.1) is 0 Å². The third-order valence-corrected chi connectivity index (χ3v) is 1.25. The summed E-state index contributed by atoms with van der Waals surface area (Å²) in [6.45, 7) is 0. The van der Waals surface area contributed by atoms with Crippen molar-refractivity contribution in [1.29, 1.82) is 0 Å². The average molecular weight is 493 g/mol. The molecule has 2 aromatic heterocycles. The molecule has 12 N–H and O–H groups in total. The fraction of sp³-hybridized carbons (Fsp3) is 0. The van der Waals surface area contributed by atoms with Gasteiger partial charge in [-0.05, 0) is 0 Å². The Morgan fingerprint density at radius 3 is 1.44 bits per heavy atom. The Hall–Kier alpha value is 1.32. The minimum atomic E-state index is -4.64. The zero-order valence-electron chi connectivity index (χ0n) is 15.7. The van der Waals surface area contributed by atoms with E-state index in [1.165, 1.54) is 12.7 Å². The summed E-state index contributed by atoms with van der Waals surface area (Å²) in [5.41, 5.74) is 6.78. The van der Waals surface area contributed by atoms with Crippen LogP contribution in [0.3, 0.4) is 0 Å². The van der Waals surface area contributed by atoms with Crippen molar-refractivity contribution in [2.45, 2.75) is 0 Å². The summed E-state index contributed by atoms with van der Waals surface area (Å²) in [5.74, 6) is 0.433. The van der Waals surface area contributed by atoms with Gasteiger partial charge in [-0.3, -0.25) is 0 Å². The number of H-pyrrole nitrogens is 1. The van der Waals surface area contributed by atoms with E-state index in [9.17, 15) is 0 Å². The summed E-state index contributed by atoms with van der Waals surface area (Å²) in [5, 5.41) is 0. The van der Waals surface area contributed by atoms with E-state index in [4.69, 9.17) is 63.5 Å². The van der Waals surface area contributed by atoms with Crippen molar-refractivity contribution in [3.8, 4) is 0 Å². The van der Waals surface area contributed by atoms with E-state index in [2.05, 4.69) is 19.9 Å². The van der Waals surface area contributed by atoms with Crippen molar-refractivity contribution in [3.63, 3.8) is 0 Å². The summed E-state index contributed by atoms with van der Waals surface area (Å²) < 4.78 is 26.6. The summed E-state index contributed by atoms with van der Waals surface area (Å²) in [4.78, 5) is 79.1. The van der Waals surface area contributed by atoms with Crippen LogP contribution in [-0.4, -0.2) is 64.0 Å². The Kier molecular flexibility index (Phi) is 21.3. The number of phosphoric acid groups is 3. The average Bonchev–Trinajstić information content (AvgIpc) is 2.71. The third-order valence-electron chi connectivity index (χ3n) is 1.25. The van der Waals surface area contributed by atoms with Crippen LogP contribution < -0.4 is 86.7 Å². The summed E-state index contributed by atoms with van der Waals surface area (Å²) in [6.07, 6.45) is 2.92. The Balaban J connectivity index is -0.0000000620. The fourth-order valence-corrected chi connectivity index (χ4v) is 0.784. The molecule has 0 unspecified atom stereocenters. The maximum atomic E-state index is 8.88. The van der Waals surface area contributed by atoms with Crippen molar-refractivity contribution >= 4 is 40.4 Å². The molecule has 2 heterocycles. The maximum absolute atomic E-state index is 8.88. The number of imidazole rings is 1. The van der Waals surface area contributed by atoms with Gasteiger partial charge in [-0.15, -0.1) is 0 Å². The van der Waals surface area contributed by atoms with Crippen LogP contribution in [0.4, 0.5) is 5.82 Å². The molecule has 0 amide bonds. The van der Waals surface area contributed by atoms with Gasteiger partial charge in [-0.25, -0.2) is 28.6 Å². The molecule has 0 radical (unpaired) electrons. The molecule has 0 aliphatic rings. The zero-order chi connectivity index (χ0) is 20.5. The van der Waals surface area contributed by atoms with Gasteiger partial charge in [0.25, 0.3) is 0 Å². The van der Waals surface area contributed by atoms with Crippen molar-refractivity contribution < 1.29 is 142 Å². The first-order chi connectivity index (χ1) is 10.9. The van der Waals surface area contributed by atoms with E-state index < -0.39 is 23.5 Å². The van der Waals surface area contributed by atoms with E-state index in [1.54, 1.807) is 0 Å². The molecule has 0 saturated heterocycles. The van der Waals surface area contributed by atoms with Gasteiger partial charge in [0.2, 0.25) is 0 Å². The number of hydrogen-bond donors (Lipinski definition) is 11. The molecule has 0 aliphatic heterocycles. The molecule has 2 aromatic rings. The summed E-state index contributed by atoms with van der Waals surface area (Å²) in [7, 11) is -13.9. The minimum Gasteiger partial charge on any atom is -1.00 e. The van der Waals surface area contributed by atoms with Crippen LogP contribution in [0.2, 0.25) is 0 Å². The number of aromatic nitrogens is 4. The number of aromatic amines is 1. The Morgan fingerprint density at radius 2 is 1.15 bits per heavy atom. The Labute approximate surface area is 217 Å². The predicted molar refractivity (Wildman–Crippen MR) is 81.1 cm³/mol. The van der Waals surface area contributed by atoms with Crippen LogP contribution in [0.15, 0.2) is 12.7 Å². The molecule has 17 nitrogen and oxygen atoms in total. The van der Waals surface area contributed by atoms with Gasteiger partial charge in [0.1, 0.15) is 11.8 Å². The minimum absolute atomic E-state index is 0. The van der Waals surface area contributed by atoms with E-state index in [1.807, 2.05) is 0 Å². The Bertz CT molecular complexity index is 727. The molecular formula is C5H16KN5NaO12P3. The van der Waals surface area contributed by atoms with Gasteiger partial charge in [0, 0.05) is 0 Å². The second-order valence-corrected chi connectivity index (χ2v) is 6.48. The molecular weight excluding hydrogens is 477 g/mol. The van der Waals surface area contributed by atoms with Gasteiger partial charge < -0.3 is 57.6 Å². The quantitative estimate of drug-likeness (QED) is 0.120. The smallest absolute Gasteiger partial charge is 1.00 e. The number of nitrogens with one attached hydrogen (secondary N) is 1. The number of fused-ring (bicyclic) bond motifs is 1. The van der Waals surface area contributed by atoms with E-state index in [-0.39, 0.29) is 83.8 Å². The van der Waals surface area contributed by atoms with Gasteiger partial charge in [-0.1, -0.05) is 0 Å². The van der Waals surface area contributed by atoms with Crippen molar-refractivity contribution in [1.82, 2.24) is 19.9 Å². The number of nitrogen functional groups attached to an aromatic ring is 1.